The molecule has 1 fully saturated rings. The summed E-state index contributed by atoms with van der Waals surface area (Å²) in [5.41, 5.74) is 8.75. The Bertz CT molecular complexity index is 1950. The van der Waals surface area contributed by atoms with E-state index in [1.165, 1.54) is 23.0 Å². The number of aromatic nitrogens is 4. The van der Waals surface area contributed by atoms with E-state index >= 15 is 0 Å². The van der Waals surface area contributed by atoms with Gasteiger partial charge in [-0.3, -0.25) is 13.5 Å². The third kappa shape index (κ3) is 5.57. The second-order valence-corrected chi connectivity index (χ2v) is 11.2. The number of nitrogen functional groups attached to an aromatic ring is 1. The fourth-order valence-electron chi connectivity index (χ4n) is 4.90. The molecule has 5 N–H and O–H groups in total. The lowest BCUT2D eigenvalue weighted by molar-refractivity contribution is -0.268. The molecule has 1 aliphatic rings. The van der Waals surface area contributed by atoms with Gasteiger partial charge in [-0.05, 0) is 11.1 Å². The maximum atomic E-state index is 12.4. The van der Waals surface area contributed by atoms with Crippen molar-refractivity contribution in [2.75, 3.05) is 12.3 Å². The topological polar surface area (TPSA) is 215 Å². The molecule has 0 bridgehead atoms. The van der Waals surface area contributed by atoms with Crippen molar-refractivity contribution in [2.45, 2.75) is 24.5 Å². The highest BCUT2D eigenvalue weighted by atomic mass is 32.2. The summed E-state index contributed by atoms with van der Waals surface area (Å²) in [7, 11) is -4.72. The van der Waals surface area contributed by atoms with Crippen LogP contribution < -0.4 is 15.6 Å². The highest BCUT2D eigenvalue weighted by Gasteiger charge is 2.45. The van der Waals surface area contributed by atoms with Gasteiger partial charge in [-0.15, -0.1) is 0 Å². The Hall–Kier alpha value is -4.93. The Morgan fingerprint density at radius 1 is 0.977 bits per heavy atom. The number of rotatable bonds is 8. The number of nitrogens with two attached hydrogens (primary N) is 1. The molecule has 226 valence electrons. The number of aliphatic hydroxyl groups is 2. The molecule has 0 radical (unpaired) electrons. The number of imidazole rings is 1. The van der Waals surface area contributed by atoms with Crippen LogP contribution >= 0.6 is 0 Å². The number of nitrogens with one attached hydrogen (secondary N) is 1. The van der Waals surface area contributed by atoms with E-state index in [1.807, 2.05) is 54.6 Å². The molecule has 0 aliphatic carbocycles. The number of benzene rings is 3. The van der Waals surface area contributed by atoms with Gasteiger partial charge in [0.15, 0.2) is 23.5 Å². The molecule has 44 heavy (non-hydrogen) atoms. The number of ether oxygens (including phenoxy) is 1. The molecule has 15 heteroatoms. The third-order valence-electron chi connectivity index (χ3n) is 7.05. The van der Waals surface area contributed by atoms with Gasteiger partial charge in [-0.25, -0.2) is 19.7 Å². The summed E-state index contributed by atoms with van der Waals surface area (Å²) < 4.78 is 38.4. The van der Waals surface area contributed by atoms with E-state index < -0.39 is 58.7 Å². The zero-order valence-corrected chi connectivity index (χ0v) is 23.5. The number of hydrogen-bond acceptors (Lipinski definition) is 12. The molecule has 1 aliphatic heterocycles. The summed E-state index contributed by atoms with van der Waals surface area (Å²) in [5.74, 6) is -1.51. The van der Waals surface area contributed by atoms with E-state index in [9.17, 15) is 28.5 Å². The van der Waals surface area contributed by atoms with E-state index in [1.54, 1.807) is 4.72 Å². The first kappa shape index (κ1) is 29.2. The average molecular weight is 618 g/mol. The molecule has 2 aromatic heterocycles. The number of amides is 1. The van der Waals surface area contributed by atoms with Crippen LogP contribution in [0.5, 0.6) is 5.75 Å². The molecule has 5 aromatic rings. The molecule has 0 spiro atoms. The number of carbonyl (C=O) groups excluding carboxylic acids is 1. The van der Waals surface area contributed by atoms with E-state index in [0.29, 0.717) is 5.56 Å². The van der Waals surface area contributed by atoms with Crippen LogP contribution in [0.1, 0.15) is 16.6 Å². The summed E-state index contributed by atoms with van der Waals surface area (Å²) in [6.45, 7) is -0.768. The minimum atomic E-state index is -4.72. The Kier molecular flexibility index (Phi) is 7.71. The van der Waals surface area contributed by atoms with E-state index in [0.717, 1.165) is 23.3 Å². The van der Waals surface area contributed by atoms with Gasteiger partial charge in [0.25, 0.3) is 5.91 Å². The molecule has 0 unspecified atom stereocenters. The number of anilines is 1. The first-order valence-electron chi connectivity index (χ1n) is 13.3. The molecule has 14 nitrogen and oxygen atoms in total. The molecule has 3 aromatic carbocycles. The Labute approximate surface area is 250 Å². The van der Waals surface area contributed by atoms with Crippen molar-refractivity contribution >= 4 is 33.2 Å². The predicted molar refractivity (Wildman–Crippen MR) is 155 cm³/mol. The summed E-state index contributed by atoms with van der Waals surface area (Å²) in [4.78, 5) is 25.6. The molecule has 1 saturated heterocycles. The largest absolute Gasteiger partial charge is 0.872 e. The molecule has 3 heterocycles. The minimum absolute atomic E-state index is 0.0704. The summed E-state index contributed by atoms with van der Waals surface area (Å²) in [6.07, 6.45) is -4.45. The number of nitrogens with zero attached hydrogens (tertiary/aromatic N) is 4. The third-order valence-corrected chi connectivity index (χ3v) is 7.93. The van der Waals surface area contributed by atoms with Crippen LogP contribution in [0.4, 0.5) is 5.82 Å². The van der Waals surface area contributed by atoms with Crippen LogP contribution in [0.2, 0.25) is 0 Å². The lowest BCUT2D eigenvalue weighted by Crippen LogP contribution is -2.38. The molecule has 0 saturated carbocycles. The van der Waals surface area contributed by atoms with Gasteiger partial charge in [-0.1, -0.05) is 84.6 Å². The molecular weight excluding hydrogens is 592 g/mol. The maximum Gasteiger partial charge on any atom is 0.362 e. The van der Waals surface area contributed by atoms with E-state index in [4.69, 9.17) is 14.7 Å². The quantitative estimate of drug-likeness (QED) is 0.193. The van der Waals surface area contributed by atoms with Gasteiger partial charge < -0.3 is 25.8 Å². The highest BCUT2D eigenvalue weighted by molar-refractivity contribution is 7.85. The first-order valence-corrected chi connectivity index (χ1v) is 14.7. The first-order chi connectivity index (χ1) is 21.1. The van der Waals surface area contributed by atoms with Crippen molar-refractivity contribution in [2.24, 2.45) is 0 Å². The van der Waals surface area contributed by atoms with Crippen molar-refractivity contribution in [3.8, 4) is 28.3 Å². The van der Waals surface area contributed by atoms with E-state index in [-0.39, 0.29) is 22.8 Å². The predicted octanol–water partition coefficient (Wildman–Crippen LogP) is 1.13. The van der Waals surface area contributed by atoms with Gasteiger partial charge in [0.1, 0.15) is 23.8 Å². The molecule has 6 rings (SSSR count). The van der Waals surface area contributed by atoms with Gasteiger partial charge in [0.2, 0.25) is 0 Å². The monoisotopic (exact) mass is 617 g/mol. The number of fused-ring (bicyclic) bond motifs is 1. The number of aliphatic hydroxyl groups excluding tert-OH is 2. The highest BCUT2D eigenvalue weighted by Crippen LogP contribution is 2.35. The molecule has 4 atom stereocenters. The number of para-hydroxylation sites is 1. The lowest BCUT2D eigenvalue weighted by atomic mass is 9.99. The lowest BCUT2D eigenvalue weighted by Gasteiger charge is -2.17. The van der Waals surface area contributed by atoms with E-state index in [2.05, 4.69) is 15.0 Å². The maximum absolute atomic E-state index is 12.4. The molecular formula is C29H25N6O8S-. The van der Waals surface area contributed by atoms with Crippen LogP contribution in [-0.4, -0.2) is 69.0 Å². The molecule has 1 amide bonds. The van der Waals surface area contributed by atoms with Crippen LogP contribution in [-0.2, 0) is 19.2 Å². The standard InChI is InChI=1S/C29H26N6O8S/c30-25-22-27(33-26(32-25)18-11-5-4-10-17(18)16-8-2-1-3-9-16)35(15-31-22)29-24(38)23(37)21(43-29)14-42-44(40,41)34-28(39)19-12-6-7-13-20(19)36/h1-13,15,21,23-24,29,36-38H,14H2,(H,34,39)(H2,30,32,33)/p-1/t21-,23-,24-,29-/m1/s1. The minimum Gasteiger partial charge on any atom is -0.872 e. The Balaban J connectivity index is 1.24. The van der Waals surface area contributed by atoms with Gasteiger partial charge >= 0.3 is 10.3 Å². The van der Waals surface area contributed by atoms with Gasteiger partial charge in [0, 0.05) is 11.1 Å². The van der Waals surface area contributed by atoms with Gasteiger partial charge in [0.05, 0.1) is 12.9 Å². The van der Waals surface area contributed by atoms with Crippen molar-refractivity contribution in [3.63, 3.8) is 0 Å². The SMILES string of the molecule is Nc1nc(-c2ccccc2-c2ccccc2)nc2c1ncn2[C@@H]1O[C@H](COS(=O)(=O)NC(=O)c2ccccc2[O-])[C@@H](O)[C@H]1O. The fraction of sp³-hybridized carbons (Fsp3) is 0.172. The second-order valence-electron chi connectivity index (χ2n) is 9.88. The Morgan fingerprint density at radius 2 is 1.66 bits per heavy atom. The van der Waals surface area contributed by atoms with Crippen LogP contribution in [0, 0.1) is 0 Å². The van der Waals surface area contributed by atoms with Crippen molar-refractivity contribution in [3.05, 3.63) is 90.8 Å². The number of hydrogen-bond donors (Lipinski definition) is 4. The van der Waals surface area contributed by atoms with Crippen LogP contribution in [0.15, 0.2) is 85.2 Å². The smallest absolute Gasteiger partial charge is 0.362 e. The summed E-state index contributed by atoms with van der Waals surface area (Å²) in [5, 5.41) is 33.4. The fourth-order valence-corrected chi connectivity index (χ4v) is 5.61. The van der Waals surface area contributed by atoms with Crippen molar-refractivity contribution in [1.29, 1.82) is 0 Å². The summed E-state index contributed by atoms with van der Waals surface area (Å²) in [6, 6.07) is 22.2. The van der Waals surface area contributed by atoms with Gasteiger partial charge in [-0.2, -0.15) is 8.42 Å². The average Bonchev–Trinajstić information content (AvgIpc) is 3.57. The van der Waals surface area contributed by atoms with Crippen LogP contribution in [0.25, 0.3) is 33.7 Å². The zero-order valence-electron chi connectivity index (χ0n) is 22.7. The Morgan fingerprint density at radius 3 is 2.41 bits per heavy atom. The number of carbonyl (C=O) groups is 1. The van der Waals surface area contributed by atoms with Crippen molar-refractivity contribution < 1.29 is 37.5 Å². The van der Waals surface area contributed by atoms with Crippen LogP contribution in [0.3, 0.4) is 0 Å². The summed E-state index contributed by atoms with van der Waals surface area (Å²) >= 11 is 0. The normalized spacial score (nSPS) is 20.1. The van der Waals surface area contributed by atoms with Crippen molar-refractivity contribution in [1.82, 2.24) is 24.2 Å². The second kappa shape index (κ2) is 11.6. The zero-order chi connectivity index (χ0) is 31.0.